The summed E-state index contributed by atoms with van der Waals surface area (Å²) < 4.78 is 47.0. The molecule has 1 aromatic heterocycles. The molecular weight excluding hydrogens is 496 g/mol. The molecule has 1 aromatic carbocycles. The number of halogens is 2. The van der Waals surface area contributed by atoms with Crippen LogP contribution in [0.3, 0.4) is 0 Å². The Balaban J connectivity index is 1.41. The first kappa shape index (κ1) is 31.5. The van der Waals surface area contributed by atoms with Crippen LogP contribution in [-0.2, 0) is 9.47 Å². The summed E-state index contributed by atoms with van der Waals surface area (Å²) in [6, 6.07) is 6.52. The molecule has 2 aromatic rings. The van der Waals surface area contributed by atoms with Crippen LogP contribution in [0.5, 0.6) is 5.75 Å². The Hall–Kier alpha value is -2.05. The van der Waals surface area contributed by atoms with Crippen LogP contribution < -0.4 is 4.74 Å². The normalized spacial score (nSPS) is 17.4. The SMILES string of the molecule is CCCCCCCCCCOc1ccc(-c2ccc(C3OCC(CCCCCCCC)CO3)cn2)c(F)c1F. The van der Waals surface area contributed by atoms with Crippen molar-refractivity contribution in [3.63, 3.8) is 0 Å². The maximum absolute atomic E-state index is 14.9. The highest BCUT2D eigenvalue weighted by Crippen LogP contribution is 2.31. The molecule has 0 unspecified atom stereocenters. The minimum Gasteiger partial charge on any atom is -0.490 e. The minimum atomic E-state index is -0.965. The van der Waals surface area contributed by atoms with Gasteiger partial charge in [0.05, 0.1) is 25.5 Å². The monoisotopic (exact) mass is 545 g/mol. The summed E-state index contributed by atoms with van der Waals surface area (Å²) in [7, 11) is 0. The maximum atomic E-state index is 14.9. The predicted molar refractivity (Wildman–Crippen MR) is 154 cm³/mol. The van der Waals surface area contributed by atoms with Crippen molar-refractivity contribution in [3.05, 3.63) is 47.7 Å². The lowest BCUT2D eigenvalue weighted by molar-refractivity contribution is -0.206. The van der Waals surface area contributed by atoms with Gasteiger partial charge in [0.2, 0.25) is 5.82 Å². The fraction of sp³-hybridized carbons (Fsp3) is 0.667. The average Bonchev–Trinajstić information content (AvgIpc) is 2.97. The second-order valence-electron chi connectivity index (χ2n) is 11.0. The molecule has 0 atom stereocenters. The van der Waals surface area contributed by atoms with Crippen molar-refractivity contribution >= 4 is 0 Å². The Morgan fingerprint density at radius 2 is 1.36 bits per heavy atom. The molecule has 0 bridgehead atoms. The van der Waals surface area contributed by atoms with Crippen molar-refractivity contribution in [2.75, 3.05) is 19.8 Å². The van der Waals surface area contributed by atoms with Gasteiger partial charge in [-0.25, -0.2) is 4.39 Å². The molecule has 2 heterocycles. The lowest BCUT2D eigenvalue weighted by Gasteiger charge is -2.29. The van der Waals surface area contributed by atoms with Crippen molar-refractivity contribution < 1.29 is 23.0 Å². The summed E-state index contributed by atoms with van der Waals surface area (Å²) in [4.78, 5) is 4.37. The Bertz CT molecular complexity index is 929. The van der Waals surface area contributed by atoms with E-state index < -0.39 is 17.9 Å². The number of benzene rings is 1. The third-order valence-electron chi connectivity index (χ3n) is 7.57. The molecule has 0 radical (unpaired) electrons. The number of ether oxygens (including phenoxy) is 3. The molecule has 218 valence electrons. The summed E-state index contributed by atoms with van der Waals surface area (Å²) in [5.41, 5.74) is 1.26. The first-order valence-electron chi connectivity index (χ1n) is 15.4. The predicted octanol–water partition coefficient (Wildman–Crippen LogP) is 9.96. The third kappa shape index (κ3) is 10.8. The summed E-state index contributed by atoms with van der Waals surface area (Å²) in [5.74, 6) is -1.52. The zero-order valence-electron chi connectivity index (χ0n) is 24.2. The van der Waals surface area contributed by atoms with E-state index in [-0.39, 0.29) is 11.3 Å². The largest absolute Gasteiger partial charge is 0.490 e. The molecule has 6 heteroatoms. The van der Waals surface area contributed by atoms with Gasteiger partial charge in [-0.1, -0.05) is 103 Å². The minimum absolute atomic E-state index is 0.0460. The molecular formula is C33H49F2NO3. The van der Waals surface area contributed by atoms with Gasteiger partial charge in [0, 0.05) is 23.2 Å². The molecule has 0 spiro atoms. The second kappa shape index (κ2) is 18.3. The molecule has 1 fully saturated rings. The van der Waals surface area contributed by atoms with Crippen molar-refractivity contribution in [1.82, 2.24) is 4.98 Å². The molecule has 1 saturated heterocycles. The van der Waals surface area contributed by atoms with E-state index in [0.717, 1.165) is 31.2 Å². The highest BCUT2D eigenvalue weighted by molar-refractivity contribution is 5.61. The van der Waals surface area contributed by atoms with Crippen LogP contribution in [0.25, 0.3) is 11.3 Å². The van der Waals surface area contributed by atoms with Crippen molar-refractivity contribution in [2.24, 2.45) is 5.92 Å². The molecule has 39 heavy (non-hydrogen) atoms. The van der Waals surface area contributed by atoms with Crippen LogP contribution in [0.1, 0.15) is 122 Å². The first-order chi connectivity index (χ1) is 19.1. The van der Waals surface area contributed by atoms with Crippen LogP contribution in [-0.4, -0.2) is 24.8 Å². The average molecular weight is 546 g/mol. The quantitative estimate of drug-likeness (QED) is 0.165. The maximum Gasteiger partial charge on any atom is 0.201 e. The van der Waals surface area contributed by atoms with Crippen LogP contribution in [0, 0.1) is 17.6 Å². The van der Waals surface area contributed by atoms with Gasteiger partial charge >= 0.3 is 0 Å². The number of aromatic nitrogens is 1. The number of hydrogen-bond acceptors (Lipinski definition) is 4. The molecule has 0 aliphatic carbocycles. The lowest BCUT2D eigenvalue weighted by Crippen LogP contribution is -2.27. The Kier molecular flexibility index (Phi) is 14.8. The van der Waals surface area contributed by atoms with E-state index in [9.17, 15) is 8.78 Å². The lowest BCUT2D eigenvalue weighted by atomic mass is 10.0. The molecule has 4 nitrogen and oxygen atoms in total. The van der Waals surface area contributed by atoms with E-state index in [2.05, 4.69) is 18.8 Å². The Labute approximate surface area is 234 Å². The molecule has 3 rings (SSSR count). The molecule has 0 N–H and O–H groups in total. The van der Waals surface area contributed by atoms with E-state index >= 15 is 0 Å². The fourth-order valence-electron chi connectivity index (χ4n) is 5.08. The van der Waals surface area contributed by atoms with E-state index in [1.807, 2.05) is 6.07 Å². The summed E-state index contributed by atoms with van der Waals surface area (Å²) in [6.07, 6.45) is 19.4. The Morgan fingerprint density at radius 1 is 0.744 bits per heavy atom. The first-order valence-corrected chi connectivity index (χ1v) is 15.4. The van der Waals surface area contributed by atoms with E-state index in [4.69, 9.17) is 14.2 Å². The van der Waals surface area contributed by atoms with Crippen molar-refractivity contribution in [2.45, 2.75) is 116 Å². The van der Waals surface area contributed by atoms with Gasteiger partial charge in [-0.2, -0.15) is 4.39 Å². The summed E-state index contributed by atoms with van der Waals surface area (Å²) in [6.45, 7) is 6.18. The van der Waals surface area contributed by atoms with Crippen LogP contribution in [0.15, 0.2) is 30.5 Å². The van der Waals surface area contributed by atoms with E-state index in [0.29, 0.717) is 31.4 Å². The number of pyridine rings is 1. The number of nitrogens with zero attached hydrogens (tertiary/aromatic N) is 1. The zero-order chi connectivity index (χ0) is 27.7. The highest BCUT2D eigenvalue weighted by atomic mass is 19.2. The molecule has 0 amide bonds. The molecule has 1 aliphatic heterocycles. The van der Waals surface area contributed by atoms with Gasteiger partial charge in [-0.05, 0) is 31.0 Å². The summed E-state index contributed by atoms with van der Waals surface area (Å²) >= 11 is 0. The number of hydrogen-bond donors (Lipinski definition) is 0. The topological polar surface area (TPSA) is 40.6 Å². The third-order valence-corrected chi connectivity index (χ3v) is 7.57. The highest BCUT2D eigenvalue weighted by Gasteiger charge is 2.24. The van der Waals surface area contributed by atoms with Crippen LogP contribution in [0.2, 0.25) is 0 Å². The second-order valence-corrected chi connectivity index (χ2v) is 11.0. The smallest absolute Gasteiger partial charge is 0.201 e. The van der Waals surface area contributed by atoms with Gasteiger partial charge in [0.25, 0.3) is 0 Å². The van der Waals surface area contributed by atoms with E-state index in [1.165, 1.54) is 82.8 Å². The van der Waals surface area contributed by atoms with Crippen molar-refractivity contribution in [1.29, 1.82) is 0 Å². The van der Waals surface area contributed by atoms with Gasteiger partial charge in [-0.15, -0.1) is 0 Å². The van der Waals surface area contributed by atoms with Gasteiger partial charge in [-0.3, -0.25) is 4.98 Å². The molecule has 0 saturated carbocycles. The standard InChI is InChI=1S/C33H49F2NO3/c1-3-5-7-9-11-12-14-16-22-37-30-21-19-28(31(34)32(30)35)29-20-18-27(23-36-29)33-38-24-26(25-39-33)17-15-13-10-8-6-4-2/h18-21,23,26,33H,3-17,22,24-25H2,1-2H3. The number of unbranched alkanes of at least 4 members (excludes halogenated alkanes) is 12. The van der Waals surface area contributed by atoms with Crippen LogP contribution >= 0.6 is 0 Å². The molecule has 1 aliphatic rings. The van der Waals surface area contributed by atoms with Gasteiger partial charge in [0.15, 0.2) is 17.9 Å². The zero-order valence-corrected chi connectivity index (χ0v) is 24.2. The van der Waals surface area contributed by atoms with Gasteiger partial charge in [0.1, 0.15) is 0 Å². The summed E-state index contributed by atoms with van der Waals surface area (Å²) in [5, 5.41) is 0. The van der Waals surface area contributed by atoms with Crippen molar-refractivity contribution in [3.8, 4) is 17.0 Å². The fourth-order valence-corrected chi connectivity index (χ4v) is 5.08. The van der Waals surface area contributed by atoms with Crippen LogP contribution in [0.4, 0.5) is 8.78 Å². The van der Waals surface area contributed by atoms with E-state index in [1.54, 1.807) is 12.3 Å². The Morgan fingerprint density at radius 3 is 1.97 bits per heavy atom. The van der Waals surface area contributed by atoms with Gasteiger partial charge < -0.3 is 14.2 Å². The number of rotatable bonds is 19.